The normalized spacial score (nSPS) is 14.2. The molecule has 108 valence electrons. The molecule has 2 aromatic rings. The highest BCUT2D eigenvalue weighted by Gasteiger charge is 2.31. The number of benzene rings is 1. The van der Waals surface area contributed by atoms with Crippen LogP contribution in [0.15, 0.2) is 22.7 Å². The number of nitrogen functional groups attached to an aromatic ring is 1. The van der Waals surface area contributed by atoms with Gasteiger partial charge in [-0.2, -0.15) is 4.98 Å². The Kier molecular flexibility index (Phi) is 4.30. The average molecular weight is 296 g/mol. The van der Waals surface area contributed by atoms with Crippen LogP contribution < -0.4 is 5.73 Å². The maximum absolute atomic E-state index is 5.92. The molecule has 6 heteroatoms. The van der Waals surface area contributed by atoms with Crippen LogP contribution in [0.25, 0.3) is 11.5 Å². The smallest absolute Gasteiger partial charge is 0.260 e. The molecule has 20 heavy (non-hydrogen) atoms. The van der Waals surface area contributed by atoms with Gasteiger partial charge in [0.1, 0.15) is 5.60 Å². The van der Waals surface area contributed by atoms with Gasteiger partial charge in [-0.05, 0) is 38.5 Å². The minimum absolute atomic E-state index is 0.369. The lowest BCUT2D eigenvalue weighted by molar-refractivity contribution is -0.0403. The zero-order valence-corrected chi connectivity index (χ0v) is 12.6. The van der Waals surface area contributed by atoms with Crippen LogP contribution in [-0.2, 0) is 10.3 Å². The summed E-state index contributed by atoms with van der Waals surface area (Å²) in [6.07, 6.45) is 0.746. The number of aromatic nitrogens is 2. The van der Waals surface area contributed by atoms with Gasteiger partial charge >= 0.3 is 0 Å². The van der Waals surface area contributed by atoms with Crippen LogP contribution in [0.4, 0.5) is 5.69 Å². The quantitative estimate of drug-likeness (QED) is 0.853. The van der Waals surface area contributed by atoms with Crippen molar-refractivity contribution in [3.05, 3.63) is 29.0 Å². The Morgan fingerprint density at radius 3 is 2.75 bits per heavy atom. The molecule has 2 rings (SSSR count). The first-order chi connectivity index (χ1) is 9.50. The van der Waals surface area contributed by atoms with Gasteiger partial charge < -0.3 is 15.0 Å². The molecule has 0 aliphatic carbocycles. The van der Waals surface area contributed by atoms with Gasteiger partial charge in [-0.3, -0.25) is 0 Å². The van der Waals surface area contributed by atoms with Gasteiger partial charge in [-0.25, -0.2) is 0 Å². The van der Waals surface area contributed by atoms with E-state index in [9.17, 15) is 0 Å². The van der Waals surface area contributed by atoms with Crippen molar-refractivity contribution in [2.75, 3.05) is 12.3 Å². The molecule has 1 aromatic carbocycles. The molecule has 0 spiro atoms. The molecule has 1 heterocycles. The van der Waals surface area contributed by atoms with E-state index in [1.165, 1.54) is 0 Å². The maximum Gasteiger partial charge on any atom is 0.260 e. The number of nitrogens with zero attached hydrogens (tertiary/aromatic N) is 2. The second kappa shape index (κ2) is 5.81. The molecule has 0 saturated heterocycles. The van der Waals surface area contributed by atoms with Crippen molar-refractivity contribution in [3.8, 4) is 11.5 Å². The predicted octanol–water partition coefficient (Wildman–Crippen LogP) is 3.63. The lowest BCUT2D eigenvalue weighted by Crippen LogP contribution is -2.26. The fourth-order valence-corrected chi connectivity index (χ4v) is 2.10. The van der Waals surface area contributed by atoms with Gasteiger partial charge in [0.05, 0.1) is 5.56 Å². The van der Waals surface area contributed by atoms with E-state index >= 15 is 0 Å². The molecular formula is C14H18ClN3O2. The highest BCUT2D eigenvalue weighted by molar-refractivity contribution is 6.31. The highest BCUT2D eigenvalue weighted by Crippen LogP contribution is 2.31. The van der Waals surface area contributed by atoms with E-state index in [2.05, 4.69) is 10.1 Å². The summed E-state index contributed by atoms with van der Waals surface area (Å²) in [6, 6.07) is 5.15. The number of hydrogen-bond acceptors (Lipinski definition) is 5. The minimum Gasteiger partial charge on any atom is -0.398 e. The molecule has 1 unspecified atom stereocenters. The molecule has 0 saturated carbocycles. The summed E-state index contributed by atoms with van der Waals surface area (Å²) in [6.45, 7) is 6.47. The first-order valence-electron chi connectivity index (χ1n) is 6.53. The highest BCUT2D eigenvalue weighted by atomic mass is 35.5. The Balaban J connectivity index is 2.37. The van der Waals surface area contributed by atoms with E-state index in [-0.39, 0.29) is 0 Å². The van der Waals surface area contributed by atoms with E-state index in [1.807, 2.05) is 20.8 Å². The number of halogens is 1. The zero-order valence-electron chi connectivity index (χ0n) is 11.8. The Labute approximate surface area is 123 Å². The van der Waals surface area contributed by atoms with Crippen LogP contribution in [0, 0.1) is 0 Å². The summed E-state index contributed by atoms with van der Waals surface area (Å²) in [5.74, 6) is 0.889. The van der Waals surface area contributed by atoms with Crippen LogP contribution in [0.2, 0.25) is 5.02 Å². The maximum atomic E-state index is 5.92. The minimum atomic E-state index is -0.558. The number of anilines is 1. The second-order valence-electron chi connectivity index (χ2n) is 4.67. The molecule has 0 aliphatic rings. The van der Waals surface area contributed by atoms with E-state index in [4.69, 9.17) is 26.6 Å². The van der Waals surface area contributed by atoms with Crippen LogP contribution in [0.1, 0.15) is 33.0 Å². The Morgan fingerprint density at radius 2 is 2.15 bits per heavy atom. The van der Waals surface area contributed by atoms with Crippen molar-refractivity contribution in [2.45, 2.75) is 32.8 Å². The third-order valence-corrected chi connectivity index (χ3v) is 3.52. The van der Waals surface area contributed by atoms with Gasteiger partial charge in [0, 0.05) is 17.3 Å². The molecule has 0 radical (unpaired) electrons. The zero-order chi connectivity index (χ0) is 14.8. The fourth-order valence-electron chi connectivity index (χ4n) is 1.92. The van der Waals surface area contributed by atoms with Crippen LogP contribution in [0.3, 0.4) is 0 Å². The van der Waals surface area contributed by atoms with Gasteiger partial charge in [0.25, 0.3) is 5.89 Å². The van der Waals surface area contributed by atoms with Gasteiger partial charge in [-0.15, -0.1) is 0 Å². The van der Waals surface area contributed by atoms with Crippen molar-refractivity contribution in [1.29, 1.82) is 0 Å². The molecular weight excluding hydrogens is 278 g/mol. The first-order valence-corrected chi connectivity index (χ1v) is 6.91. The first kappa shape index (κ1) is 14.8. The van der Waals surface area contributed by atoms with Crippen molar-refractivity contribution < 1.29 is 9.26 Å². The van der Waals surface area contributed by atoms with Crippen molar-refractivity contribution in [1.82, 2.24) is 10.1 Å². The standard InChI is InChI=1S/C14H18ClN3O2/c1-4-14(3,19-5-2)13-17-12(20-18-13)10-7-6-9(15)8-11(10)16/h6-8H,4-5,16H2,1-3H3. The monoisotopic (exact) mass is 295 g/mol. The Morgan fingerprint density at radius 1 is 1.40 bits per heavy atom. The molecule has 2 N–H and O–H groups in total. The Hall–Kier alpha value is -1.59. The van der Waals surface area contributed by atoms with E-state index in [1.54, 1.807) is 18.2 Å². The van der Waals surface area contributed by atoms with Gasteiger partial charge in [0.15, 0.2) is 0 Å². The summed E-state index contributed by atoms with van der Waals surface area (Å²) in [4.78, 5) is 4.41. The fraction of sp³-hybridized carbons (Fsp3) is 0.429. The SMILES string of the molecule is CCOC(C)(CC)c1noc(-c2ccc(Cl)cc2N)n1. The van der Waals surface area contributed by atoms with Crippen LogP contribution in [-0.4, -0.2) is 16.7 Å². The lowest BCUT2D eigenvalue weighted by atomic mass is 10.0. The van der Waals surface area contributed by atoms with Crippen molar-refractivity contribution in [2.24, 2.45) is 0 Å². The van der Waals surface area contributed by atoms with Crippen LogP contribution >= 0.6 is 11.6 Å². The molecule has 0 bridgehead atoms. The van der Waals surface area contributed by atoms with Crippen LogP contribution in [0.5, 0.6) is 0 Å². The largest absolute Gasteiger partial charge is 0.398 e. The third kappa shape index (κ3) is 2.78. The van der Waals surface area contributed by atoms with E-state index in [0.717, 1.165) is 6.42 Å². The molecule has 1 atom stereocenters. The number of rotatable bonds is 5. The number of ether oxygens (including phenoxy) is 1. The molecule has 0 fully saturated rings. The van der Waals surface area contributed by atoms with E-state index in [0.29, 0.717) is 34.6 Å². The molecule has 5 nitrogen and oxygen atoms in total. The number of hydrogen-bond donors (Lipinski definition) is 1. The van der Waals surface area contributed by atoms with E-state index < -0.39 is 5.60 Å². The molecule has 0 aliphatic heterocycles. The topological polar surface area (TPSA) is 74.2 Å². The van der Waals surface area contributed by atoms with Crippen molar-refractivity contribution in [3.63, 3.8) is 0 Å². The molecule has 1 aromatic heterocycles. The summed E-state index contributed by atoms with van der Waals surface area (Å²) >= 11 is 5.88. The summed E-state index contributed by atoms with van der Waals surface area (Å²) in [5.41, 5.74) is 6.53. The number of nitrogens with two attached hydrogens (primary N) is 1. The predicted molar refractivity (Wildman–Crippen MR) is 78.4 cm³/mol. The average Bonchev–Trinajstić information content (AvgIpc) is 2.89. The summed E-state index contributed by atoms with van der Waals surface area (Å²) in [7, 11) is 0. The summed E-state index contributed by atoms with van der Waals surface area (Å²) < 4.78 is 11.0. The van der Waals surface area contributed by atoms with Gasteiger partial charge in [-0.1, -0.05) is 23.7 Å². The summed E-state index contributed by atoms with van der Waals surface area (Å²) in [5, 5.41) is 4.59. The Bertz CT molecular complexity index is 600. The molecule has 0 amide bonds. The second-order valence-corrected chi connectivity index (χ2v) is 5.11. The third-order valence-electron chi connectivity index (χ3n) is 3.28. The lowest BCUT2D eigenvalue weighted by Gasteiger charge is -2.23. The van der Waals surface area contributed by atoms with Gasteiger partial charge in [0.2, 0.25) is 5.82 Å². The van der Waals surface area contributed by atoms with Crippen molar-refractivity contribution >= 4 is 17.3 Å².